The summed E-state index contributed by atoms with van der Waals surface area (Å²) in [6.07, 6.45) is 2.09. The van der Waals surface area contributed by atoms with Gasteiger partial charge in [-0.2, -0.15) is 0 Å². The quantitative estimate of drug-likeness (QED) is 0.712. The average molecular weight is 303 g/mol. The maximum absolute atomic E-state index is 4.23. The lowest BCUT2D eigenvalue weighted by Crippen LogP contribution is -2.31. The lowest BCUT2D eigenvalue weighted by Gasteiger charge is -2.24. The molecule has 1 aromatic carbocycles. The van der Waals surface area contributed by atoms with Gasteiger partial charge in [0.1, 0.15) is 0 Å². The first-order valence-corrected chi connectivity index (χ1v) is 8.59. The van der Waals surface area contributed by atoms with Crippen LogP contribution in [0, 0.1) is 5.92 Å². The van der Waals surface area contributed by atoms with E-state index in [1.54, 1.807) is 0 Å². The third-order valence-corrected chi connectivity index (χ3v) is 4.13. The molecule has 0 fully saturated rings. The number of hydrogen-bond donors (Lipinski definition) is 2. The van der Waals surface area contributed by atoms with Crippen LogP contribution in [0.1, 0.15) is 52.2 Å². The molecule has 1 atom stereocenters. The Hall–Kier alpha value is -1.28. The first-order valence-electron chi connectivity index (χ1n) is 8.59. The highest BCUT2D eigenvalue weighted by molar-refractivity contribution is 5.35. The van der Waals surface area contributed by atoms with E-state index < -0.39 is 0 Å². The van der Waals surface area contributed by atoms with Crippen LogP contribution in [0.2, 0.25) is 0 Å². The maximum atomic E-state index is 4.23. The minimum atomic E-state index is 0.174. The van der Waals surface area contributed by atoms with Crippen molar-refractivity contribution < 1.29 is 0 Å². The molecule has 0 aliphatic rings. The highest BCUT2D eigenvalue weighted by Crippen LogP contribution is 2.26. The molecule has 22 heavy (non-hydrogen) atoms. The summed E-state index contributed by atoms with van der Waals surface area (Å²) in [6.45, 7) is 18.6. The van der Waals surface area contributed by atoms with Crippen LogP contribution in [0.3, 0.4) is 0 Å². The molecule has 1 unspecified atom stereocenters. The summed E-state index contributed by atoms with van der Waals surface area (Å²) in [7, 11) is 0. The predicted octanol–water partition coefficient (Wildman–Crippen LogP) is 4.27. The molecule has 124 valence electrons. The summed E-state index contributed by atoms with van der Waals surface area (Å²) in [4.78, 5) is 0. The molecule has 0 aromatic heterocycles. The number of allylic oxidation sites excluding steroid dienone is 1. The van der Waals surface area contributed by atoms with Crippen LogP contribution in [0.15, 0.2) is 36.5 Å². The van der Waals surface area contributed by atoms with E-state index in [2.05, 4.69) is 76.1 Å². The molecular weight excluding hydrogens is 268 g/mol. The molecule has 2 N–H and O–H groups in total. The summed E-state index contributed by atoms with van der Waals surface area (Å²) < 4.78 is 0. The normalized spacial score (nSPS) is 13.0. The Morgan fingerprint density at radius 3 is 2.41 bits per heavy atom. The molecule has 0 aliphatic carbocycles. The second kappa shape index (κ2) is 8.99. The molecule has 2 heteroatoms. The van der Waals surface area contributed by atoms with Crippen LogP contribution in [-0.4, -0.2) is 19.6 Å². The summed E-state index contributed by atoms with van der Waals surface area (Å²) >= 11 is 0. The zero-order valence-electron chi connectivity index (χ0n) is 15.1. The number of rotatable bonds is 9. The Bertz CT molecular complexity index is 457. The molecule has 0 amide bonds. The maximum Gasteiger partial charge on any atom is 0.0184 e. The minimum Gasteiger partial charge on any atom is -0.388 e. The van der Waals surface area contributed by atoms with Gasteiger partial charge in [0.05, 0.1) is 0 Å². The first-order chi connectivity index (χ1) is 10.4. The standard InChI is InChI=1S/C20H34N2/c1-7-17(14-21-8-2)15-22-16(3)13-18-11-9-10-12-19(18)20(4,5)6/h9-12,17,21-22H,3,7-8,13-15H2,1-2,4-6H3. The summed E-state index contributed by atoms with van der Waals surface area (Å²) in [6, 6.07) is 8.72. The Labute approximate surface area is 137 Å². The van der Waals surface area contributed by atoms with E-state index in [9.17, 15) is 0 Å². The van der Waals surface area contributed by atoms with Crippen molar-refractivity contribution in [2.24, 2.45) is 5.92 Å². The second-order valence-electron chi connectivity index (χ2n) is 7.15. The fourth-order valence-corrected chi connectivity index (χ4v) is 2.70. The Morgan fingerprint density at radius 2 is 1.82 bits per heavy atom. The second-order valence-corrected chi connectivity index (χ2v) is 7.15. The largest absolute Gasteiger partial charge is 0.388 e. The fourth-order valence-electron chi connectivity index (χ4n) is 2.70. The zero-order chi connectivity index (χ0) is 16.6. The summed E-state index contributed by atoms with van der Waals surface area (Å²) in [5.74, 6) is 0.662. The van der Waals surface area contributed by atoms with Crippen molar-refractivity contribution in [1.82, 2.24) is 10.6 Å². The van der Waals surface area contributed by atoms with Crippen molar-refractivity contribution in [2.75, 3.05) is 19.6 Å². The average Bonchev–Trinajstić information content (AvgIpc) is 2.47. The van der Waals surface area contributed by atoms with Gasteiger partial charge in [0, 0.05) is 18.7 Å². The lowest BCUT2D eigenvalue weighted by atomic mass is 9.83. The molecule has 0 bridgehead atoms. The van der Waals surface area contributed by atoms with Crippen molar-refractivity contribution >= 4 is 0 Å². The van der Waals surface area contributed by atoms with E-state index in [-0.39, 0.29) is 5.41 Å². The van der Waals surface area contributed by atoms with Crippen molar-refractivity contribution in [3.63, 3.8) is 0 Å². The first kappa shape index (κ1) is 18.8. The molecule has 0 radical (unpaired) electrons. The molecule has 1 rings (SSSR count). The van der Waals surface area contributed by atoms with Gasteiger partial charge in [-0.15, -0.1) is 0 Å². The third kappa shape index (κ3) is 6.23. The molecule has 0 saturated carbocycles. The van der Waals surface area contributed by atoms with Crippen LogP contribution in [0.25, 0.3) is 0 Å². The molecular formula is C20H34N2. The van der Waals surface area contributed by atoms with Crippen LogP contribution >= 0.6 is 0 Å². The molecule has 0 saturated heterocycles. The topological polar surface area (TPSA) is 24.1 Å². The Morgan fingerprint density at radius 1 is 1.14 bits per heavy atom. The molecule has 0 heterocycles. The number of nitrogens with one attached hydrogen (secondary N) is 2. The van der Waals surface area contributed by atoms with E-state index in [0.29, 0.717) is 5.92 Å². The number of hydrogen-bond acceptors (Lipinski definition) is 2. The monoisotopic (exact) mass is 302 g/mol. The van der Waals surface area contributed by atoms with E-state index in [1.807, 2.05) is 0 Å². The summed E-state index contributed by atoms with van der Waals surface area (Å²) in [5.41, 5.74) is 4.09. The highest BCUT2D eigenvalue weighted by Gasteiger charge is 2.17. The van der Waals surface area contributed by atoms with Gasteiger partial charge in [-0.1, -0.05) is 71.9 Å². The van der Waals surface area contributed by atoms with Crippen LogP contribution in [0.5, 0.6) is 0 Å². The molecule has 1 aromatic rings. The van der Waals surface area contributed by atoms with Crippen LogP contribution in [0.4, 0.5) is 0 Å². The Kier molecular flexibility index (Phi) is 7.67. The van der Waals surface area contributed by atoms with E-state index >= 15 is 0 Å². The van der Waals surface area contributed by atoms with Gasteiger partial charge < -0.3 is 10.6 Å². The van der Waals surface area contributed by atoms with Gasteiger partial charge in [0.15, 0.2) is 0 Å². The fraction of sp³-hybridized carbons (Fsp3) is 0.600. The van der Waals surface area contributed by atoms with Crippen LogP contribution in [-0.2, 0) is 11.8 Å². The predicted molar refractivity (Wildman–Crippen MR) is 98.3 cm³/mol. The van der Waals surface area contributed by atoms with Crippen molar-refractivity contribution in [1.29, 1.82) is 0 Å². The van der Waals surface area contributed by atoms with E-state index in [0.717, 1.165) is 31.8 Å². The molecule has 2 nitrogen and oxygen atoms in total. The van der Waals surface area contributed by atoms with Gasteiger partial charge in [-0.3, -0.25) is 0 Å². The van der Waals surface area contributed by atoms with Crippen molar-refractivity contribution in [3.8, 4) is 0 Å². The SMILES string of the molecule is C=C(Cc1ccccc1C(C)(C)C)NCC(CC)CNCC. The summed E-state index contributed by atoms with van der Waals surface area (Å²) in [5, 5.41) is 6.97. The molecule has 0 aliphatic heterocycles. The minimum absolute atomic E-state index is 0.174. The van der Waals surface area contributed by atoms with Crippen LogP contribution < -0.4 is 10.6 Å². The zero-order valence-corrected chi connectivity index (χ0v) is 15.1. The smallest absolute Gasteiger partial charge is 0.0184 e. The van der Waals surface area contributed by atoms with Gasteiger partial charge in [-0.05, 0) is 35.5 Å². The van der Waals surface area contributed by atoms with Crippen molar-refractivity contribution in [2.45, 2.75) is 52.9 Å². The Balaban J connectivity index is 2.59. The van der Waals surface area contributed by atoms with Gasteiger partial charge in [-0.25, -0.2) is 0 Å². The lowest BCUT2D eigenvalue weighted by molar-refractivity contribution is 0.451. The number of benzene rings is 1. The highest BCUT2D eigenvalue weighted by atomic mass is 14.9. The van der Waals surface area contributed by atoms with Gasteiger partial charge in [0.25, 0.3) is 0 Å². The van der Waals surface area contributed by atoms with E-state index in [1.165, 1.54) is 17.5 Å². The molecule has 0 spiro atoms. The van der Waals surface area contributed by atoms with Gasteiger partial charge >= 0.3 is 0 Å². The van der Waals surface area contributed by atoms with E-state index in [4.69, 9.17) is 0 Å². The van der Waals surface area contributed by atoms with Gasteiger partial charge in [0.2, 0.25) is 0 Å². The third-order valence-electron chi connectivity index (χ3n) is 4.13. The van der Waals surface area contributed by atoms with Crippen molar-refractivity contribution in [3.05, 3.63) is 47.7 Å².